The molecule has 2 saturated heterocycles. The lowest BCUT2D eigenvalue weighted by molar-refractivity contribution is -0.0856. The van der Waals surface area contributed by atoms with Gasteiger partial charge in [-0.05, 0) is 68.3 Å². The van der Waals surface area contributed by atoms with Crippen molar-refractivity contribution < 1.29 is 19.0 Å². The third-order valence-electron chi connectivity index (χ3n) is 9.99. The number of fused-ring (bicyclic) bond motifs is 5. The van der Waals surface area contributed by atoms with E-state index in [-0.39, 0.29) is 11.3 Å². The normalized spacial score (nSPS) is 29.1. The van der Waals surface area contributed by atoms with Crippen LogP contribution in [0.25, 0.3) is 0 Å². The lowest BCUT2D eigenvalue weighted by Gasteiger charge is -2.43. The van der Waals surface area contributed by atoms with Gasteiger partial charge < -0.3 is 19.5 Å². The van der Waals surface area contributed by atoms with E-state index in [4.69, 9.17) is 19.4 Å². The maximum atomic E-state index is 14.5. The van der Waals surface area contributed by atoms with Crippen molar-refractivity contribution in [2.45, 2.75) is 88.4 Å². The summed E-state index contributed by atoms with van der Waals surface area (Å²) in [6.45, 7) is 4.44. The number of halogens is 1. The highest BCUT2D eigenvalue weighted by atomic mass is 19.1. The fraction of sp³-hybridized carbons (Fsp3) is 0.600. The third-order valence-corrected chi connectivity index (χ3v) is 9.99. The van der Waals surface area contributed by atoms with Gasteiger partial charge in [-0.3, -0.25) is 4.90 Å². The molecule has 4 aliphatic heterocycles. The van der Waals surface area contributed by atoms with E-state index in [0.29, 0.717) is 45.2 Å². The summed E-state index contributed by atoms with van der Waals surface area (Å²) < 4.78 is 29.6. The number of alkyl halides is 1. The molecule has 0 amide bonds. The Balaban J connectivity index is 1.17. The molecule has 1 aliphatic carbocycles. The molecule has 2 aromatic heterocycles. The highest BCUT2D eigenvalue weighted by molar-refractivity contribution is 5.53. The van der Waals surface area contributed by atoms with E-state index in [2.05, 4.69) is 20.1 Å². The summed E-state index contributed by atoms with van der Waals surface area (Å²) in [5, 5.41) is 18.7. The monoisotopic (exact) mass is 561 g/mol. The molecule has 10 nitrogen and oxygen atoms in total. The first-order valence-corrected chi connectivity index (χ1v) is 15.0. The van der Waals surface area contributed by atoms with E-state index in [0.717, 1.165) is 86.5 Å². The van der Waals surface area contributed by atoms with Gasteiger partial charge in [-0.25, -0.2) is 9.07 Å². The van der Waals surface area contributed by atoms with Gasteiger partial charge in [-0.15, -0.1) is 5.10 Å². The molecule has 1 spiro atoms. The zero-order valence-electron chi connectivity index (χ0n) is 23.3. The average Bonchev–Trinajstić information content (AvgIpc) is 3.61. The largest absolute Gasteiger partial charge is 0.508 e. The molecule has 3 aromatic rings. The van der Waals surface area contributed by atoms with Crippen LogP contribution in [0.4, 0.5) is 10.2 Å². The van der Waals surface area contributed by atoms with Crippen molar-refractivity contribution in [3.8, 4) is 11.8 Å². The second kappa shape index (κ2) is 9.62. The Hall–Kier alpha value is -3.31. The Bertz CT molecular complexity index is 1480. The molecule has 5 aliphatic rings. The van der Waals surface area contributed by atoms with E-state index in [1.54, 1.807) is 6.07 Å². The molecule has 11 heteroatoms. The SMILES string of the molecule is Oc1ccc2c(c1)C1(CCC2)Cc2nc(OCC34CCCN3CC(F)C4)nc(N3CCCn4nncc4C3)c2CO1. The second-order valence-electron chi connectivity index (χ2n) is 12.5. The molecule has 216 valence electrons. The number of nitrogens with zero attached hydrogens (tertiary/aromatic N) is 7. The van der Waals surface area contributed by atoms with Gasteiger partial charge in [-0.1, -0.05) is 11.3 Å². The highest BCUT2D eigenvalue weighted by Crippen LogP contribution is 2.47. The molecule has 0 bridgehead atoms. The standard InChI is InChI=1S/C30H36FN7O3/c31-21-13-29(7-2-10-37(29)16-21)19-40-28-33-26-14-30(8-1-4-20-5-6-23(39)12-25(20)30)41-18-24(26)27(34-28)36-9-3-11-38-22(17-36)15-32-35-38/h5-6,12,15,21,39H,1-4,7-11,13-14,16-19H2. The van der Waals surface area contributed by atoms with Crippen LogP contribution in [0.3, 0.4) is 0 Å². The molecule has 3 atom stereocenters. The number of rotatable bonds is 4. The molecular formula is C30H36FN7O3. The van der Waals surface area contributed by atoms with Gasteiger partial charge in [0.15, 0.2) is 0 Å². The molecule has 0 saturated carbocycles. The number of aryl methyl sites for hydroxylation is 2. The minimum atomic E-state index is -0.811. The second-order valence-corrected chi connectivity index (χ2v) is 12.5. The number of phenolic OH excluding ortho intramolecular Hbond substituents is 1. The van der Waals surface area contributed by atoms with Crippen LogP contribution in [0, 0.1) is 0 Å². The van der Waals surface area contributed by atoms with Crippen molar-refractivity contribution in [2.75, 3.05) is 31.1 Å². The molecular weight excluding hydrogens is 525 g/mol. The molecule has 8 rings (SSSR count). The number of ether oxygens (including phenoxy) is 2. The number of phenols is 1. The number of hydrogen-bond donors (Lipinski definition) is 1. The third kappa shape index (κ3) is 4.27. The van der Waals surface area contributed by atoms with Crippen molar-refractivity contribution in [3.05, 3.63) is 52.5 Å². The number of benzene rings is 1. The Morgan fingerprint density at radius 2 is 2.07 bits per heavy atom. The minimum Gasteiger partial charge on any atom is -0.508 e. The van der Waals surface area contributed by atoms with Gasteiger partial charge in [0.2, 0.25) is 0 Å². The first-order chi connectivity index (χ1) is 20.0. The van der Waals surface area contributed by atoms with Gasteiger partial charge in [0.05, 0.1) is 41.9 Å². The van der Waals surface area contributed by atoms with E-state index in [1.165, 1.54) is 5.56 Å². The molecule has 2 fully saturated rings. The Morgan fingerprint density at radius 3 is 3.02 bits per heavy atom. The molecule has 0 radical (unpaired) electrons. The van der Waals surface area contributed by atoms with Crippen LogP contribution in [0.15, 0.2) is 24.4 Å². The Kier molecular flexibility index (Phi) is 5.96. The van der Waals surface area contributed by atoms with E-state index >= 15 is 0 Å². The van der Waals surface area contributed by atoms with Gasteiger partial charge in [0.25, 0.3) is 0 Å². The average molecular weight is 562 g/mol. The first kappa shape index (κ1) is 25.4. The van der Waals surface area contributed by atoms with Gasteiger partial charge in [-0.2, -0.15) is 9.97 Å². The van der Waals surface area contributed by atoms with Crippen LogP contribution in [-0.4, -0.2) is 72.9 Å². The van der Waals surface area contributed by atoms with Crippen molar-refractivity contribution in [1.82, 2.24) is 29.9 Å². The summed E-state index contributed by atoms with van der Waals surface area (Å²) in [6, 6.07) is 5.99. The number of aromatic hydroxyl groups is 1. The summed E-state index contributed by atoms with van der Waals surface area (Å²) in [6.07, 6.45) is 7.87. The first-order valence-electron chi connectivity index (χ1n) is 15.0. The predicted molar refractivity (Wildman–Crippen MR) is 147 cm³/mol. The lowest BCUT2D eigenvalue weighted by Crippen LogP contribution is -2.44. The molecule has 3 unspecified atom stereocenters. The van der Waals surface area contributed by atoms with E-state index in [9.17, 15) is 9.50 Å². The fourth-order valence-electron chi connectivity index (χ4n) is 7.99. The number of hydrogen-bond acceptors (Lipinski definition) is 9. The van der Waals surface area contributed by atoms with Crippen LogP contribution in [0.5, 0.6) is 11.8 Å². The summed E-state index contributed by atoms with van der Waals surface area (Å²) in [7, 11) is 0. The lowest BCUT2D eigenvalue weighted by atomic mass is 9.75. The van der Waals surface area contributed by atoms with Crippen LogP contribution >= 0.6 is 0 Å². The smallest absolute Gasteiger partial charge is 0.318 e. The quantitative estimate of drug-likeness (QED) is 0.513. The number of anilines is 1. The van der Waals surface area contributed by atoms with Crippen LogP contribution in [-0.2, 0) is 42.9 Å². The van der Waals surface area contributed by atoms with Crippen LogP contribution < -0.4 is 9.64 Å². The van der Waals surface area contributed by atoms with Gasteiger partial charge in [0.1, 0.15) is 24.3 Å². The molecule has 41 heavy (non-hydrogen) atoms. The summed E-state index contributed by atoms with van der Waals surface area (Å²) in [4.78, 5) is 14.5. The zero-order chi connectivity index (χ0) is 27.6. The van der Waals surface area contributed by atoms with Crippen molar-refractivity contribution in [1.29, 1.82) is 0 Å². The van der Waals surface area contributed by atoms with Crippen LogP contribution in [0.2, 0.25) is 0 Å². The van der Waals surface area contributed by atoms with Gasteiger partial charge in [0, 0.05) is 38.0 Å². The number of aromatic nitrogens is 5. The summed E-state index contributed by atoms with van der Waals surface area (Å²) in [5.41, 5.74) is 4.42. The Labute approximate surface area is 238 Å². The highest BCUT2D eigenvalue weighted by Gasteiger charge is 2.50. The van der Waals surface area contributed by atoms with E-state index < -0.39 is 11.8 Å². The van der Waals surface area contributed by atoms with Crippen molar-refractivity contribution in [3.63, 3.8) is 0 Å². The van der Waals surface area contributed by atoms with E-state index in [1.807, 2.05) is 23.0 Å². The van der Waals surface area contributed by atoms with Crippen molar-refractivity contribution >= 4 is 5.82 Å². The zero-order valence-corrected chi connectivity index (χ0v) is 23.3. The topological polar surface area (TPSA) is 102 Å². The maximum Gasteiger partial charge on any atom is 0.318 e. The summed E-state index contributed by atoms with van der Waals surface area (Å²) >= 11 is 0. The fourth-order valence-corrected chi connectivity index (χ4v) is 7.99. The summed E-state index contributed by atoms with van der Waals surface area (Å²) in [5.74, 6) is 1.08. The maximum absolute atomic E-state index is 14.5. The van der Waals surface area contributed by atoms with Gasteiger partial charge >= 0.3 is 6.01 Å². The van der Waals surface area contributed by atoms with Crippen molar-refractivity contribution in [2.24, 2.45) is 0 Å². The Morgan fingerprint density at radius 1 is 1.12 bits per heavy atom. The van der Waals surface area contributed by atoms with Crippen LogP contribution in [0.1, 0.15) is 66.6 Å². The molecule has 1 aromatic carbocycles. The minimum absolute atomic E-state index is 0.254. The molecule has 1 N–H and O–H groups in total. The molecule has 6 heterocycles. The predicted octanol–water partition coefficient (Wildman–Crippen LogP) is 3.44.